The number of ketones is 1. The first-order chi connectivity index (χ1) is 37.6. The summed E-state index contributed by atoms with van der Waals surface area (Å²) in [5.74, 6) is -3.20. The average molecular weight is 1100 g/mol. The Hall–Kier alpha value is -7.51. The first kappa shape index (κ1) is 61.3. The molecule has 0 radical (unpaired) electrons. The molecule has 422 valence electrons. The van der Waals surface area contributed by atoms with Crippen LogP contribution in [0.4, 0.5) is 16.2 Å². The molecule has 0 aliphatic carbocycles. The summed E-state index contributed by atoms with van der Waals surface area (Å²) < 4.78 is 16.8. The zero-order valence-electron chi connectivity index (χ0n) is 43.6. The van der Waals surface area contributed by atoms with E-state index >= 15 is 0 Å². The van der Waals surface area contributed by atoms with Crippen LogP contribution in [0.1, 0.15) is 102 Å². The number of thioether (sulfide) groups is 1. The molecule has 2 fully saturated rings. The van der Waals surface area contributed by atoms with Crippen LogP contribution in [0.5, 0.6) is 11.5 Å². The number of nitro groups is 1. The van der Waals surface area contributed by atoms with E-state index in [9.17, 15) is 53.9 Å². The Morgan fingerprint density at radius 3 is 2.10 bits per heavy atom. The molecule has 0 spiro atoms. The van der Waals surface area contributed by atoms with E-state index < -0.39 is 51.7 Å². The molecule has 25 nitrogen and oxygen atoms in total. The molecule has 2 saturated heterocycles. The van der Waals surface area contributed by atoms with E-state index in [1.165, 1.54) is 41.3 Å². The molecular weight excluding hydrogens is 1030 g/mol. The number of urea groups is 1. The maximum absolute atomic E-state index is 13.3. The van der Waals surface area contributed by atoms with Crippen LogP contribution in [-0.2, 0) is 39.9 Å². The third kappa shape index (κ3) is 20.8. The largest absolute Gasteiger partial charge is 0.504 e. The number of azide groups is 1. The highest BCUT2D eigenvalue weighted by Crippen LogP contribution is 2.37. The lowest BCUT2D eigenvalue weighted by Gasteiger charge is -2.19. The summed E-state index contributed by atoms with van der Waals surface area (Å²) in [4.78, 5) is 104. The van der Waals surface area contributed by atoms with E-state index in [4.69, 9.17) is 19.7 Å². The molecule has 3 aromatic rings. The molecule has 2 aliphatic rings. The summed E-state index contributed by atoms with van der Waals surface area (Å²) in [7, 11) is 1.64. The monoisotopic (exact) mass is 1100 g/mol. The van der Waals surface area contributed by atoms with Gasteiger partial charge in [-0.1, -0.05) is 54.4 Å². The van der Waals surface area contributed by atoms with Crippen LogP contribution < -0.4 is 31.9 Å². The number of nitro benzene ring substituents is 1. The Morgan fingerprint density at radius 2 is 1.42 bits per heavy atom. The van der Waals surface area contributed by atoms with Gasteiger partial charge in [0.15, 0.2) is 11.5 Å². The number of phenols is 2. The average Bonchev–Trinajstić information content (AvgIpc) is 4.01. The number of hydrogen-bond donors (Lipinski definition) is 8. The number of rotatable bonds is 36. The molecule has 4 atom stereocenters. The van der Waals surface area contributed by atoms with Crippen molar-refractivity contribution in [2.45, 2.75) is 101 Å². The molecule has 0 saturated carbocycles. The van der Waals surface area contributed by atoms with Crippen molar-refractivity contribution in [2.24, 2.45) is 5.11 Å². The molecular formula is C52H69N11O14S. The van der Waals surface area contributed by atoms with Crippen LogP contribution in [0.2, 0.25) is 0 Å². The number of benzene rings is 3. The molecule has 8 N–H and O–H groups in total. The lowest BCUT2D eigenvalue weighted by atomic mass is 10.0. The van der Waals surface area contributed by atoms with Gasteiger partial charge in [0.1, 0.15) is 6.04 Å². The Balaban J connectivity index is 0.901. The number of carbonyl (C=O) groups is 7. The summed E-state index contributed by atoms with van der Waals surface area (Å²) in [5.41, 5.74) is 9.08. The van der Waals surface area contributed by atoms with Crippen molar-refractivity contribution in [1.29, 1.82) is 0 Å². The minimum absolute atomic E-state index is 0.0225. The van der Waals surface area contributed by atoms with Gasteiger partial charge in [0.05, 0.1) is 49.9 Å². The minimum atomic E-state index is -1.22. The van der Waals surface area contributed by atoms with Crippen LogP contribution >= 0.6 is 11.8 Å². The van der Waals surface area contributed by atoms with Crippen molar-refractivity contribution >= 4 is 64.5 Å². The zero-order chi connectivity index (χ0) is 56.2. The van der Waals surface area contributed by atoms with E-state index in [-0.39, 0.29) is 79.1 Å². The van der Waals surface area contributed by atoms with Gasteiger partial charge < -0.3 is 61.2 Å². The lowest BCUT2D eigenvalue weighted by Crippen LogP contribution is -2.49. The van der Waals surface area contributed by atoms with Gasteiger partial charge in [-0.2, -0.15) is 11.8 Å². The molecule has 3 aromatic carbocycles. The second kappa shape index (κ2) is 32.9. The van der Waals surface area contributed by atoms with E-state index in [1.54, 1.807) is 19.2 Å². The first-order valence-corrected chi connectivity index (χ1v) is 26.9. The van der Waals surface area contributed by atoms with Gasteiger partial charge in [-0.05, 0) is 67.8 Å². The third-order valence-electron chi connectivity index (χ3n) is 12.7. The van der Waals surface area contributed by atoms with Crippen molar-refractivity contribution in [2.75, 3.05) is 72.1 Å². The summed E-state index contributed by atoms with van der Waals surface area (Å²) >= 11 is 1.87. The van der Waals surface area contributed by atoms with Crippen molar-refractivity contribution in [1.82, 2.24) is 36.8 Å². The maximum Gasteiger partial charge on any atom is 0.315 e. The fourth-order valence-corrected chi connectivity index (χ4v) is 9.96. The first-order valence-electron chi connectivity index (χ1n) is 25.9. The van der Waals surface area contributed by atoms with Crippen LogP contribution in [0.3, 0.4) is 0 Å². The van der Waals surface area contributed by atoms with Crippen molar-refractivity contribution in [3.05, 3.63) is 103 Å². The highest BCUT2D eigenvalue weighted by molar-refractivity contribution is 8.00. The molecule has 0 aromatic heterocycles. The molecule has 7 amide bonds. The third-order valence-corrected chi connectivity index (χ3v) is 14.2. The smallest absolute Gasteiger partial charge is 0.315 e. The number of unbranched alkanes of at least 4 members (excludes halogenated alkanes) is 3. The number of aromatic hydroxyl groups is 2. The van der Waals surface area contributed by atoms with Crippen LogP contribution in [0.25, 0.3) is 10.4 Å². The standard InChI is InChI=1S/C52H69N11O14S/c1-62(32-34-12-14-35(15-13-34)48(68)37-29-41(63(73)74)49(69)42(64)30-37)46(67)11-3-2-6-20-55-45(66)31-39(57-50(70)36-16-18-38(19-17-36)60-61-53)51(71)56-22-8-24-76-26-28-77-27-25-75-23-7-21-54-44(65)10-5-4-9-43-47-40(33-78-43)58-52(72)59-47/h12-19,29-30,39-40,43,47,64,69H,2-11,20-28,31-33H2,1H3,(H,54,65)(H,55,66)(H,56,71)(H,57,70)(H2,58,59,72)/t39-,40-,43-,47-/m0/s1. The van der Waals surface area contributed by atoms with E-state index in [0.29, 0.717) is 101 Å². The number of nitrogens with zero attached hydrogens (tertiary/aromatic N) is 5. The van der Waals surface area contributed by atoms with Gasteiger partial charge in [-0.3, -0.25) is 38.9 Å². The quantitative estimate of drug-likeness (QED) is 0.00447. The molecule has 78 heavy (non-hydrogen) atoms. The second-order valence-electron chi connectivity index (χ2n) is 18.6. The summed E-state index contributed by atoms with van der Waals surface area (Å²) in [6.45, 7) is 3.45. The van der Waals surface area contributed by atoms with Crippen molar-refractivity contribution in [3.8, 4) is 11.5 Å². The predicted octanol–water partition coefficient (Wildman–Crippen LogP) is 4.79. The number of phenolic OH excluding ortho intramolecular Hbond substituents is 2. The van der Waals surface area contributed by atoms with Gasteiger partial charge in [0.25, 0.3) is 5.91 Å². The Labute approximate surface area is 455 Å². The van der Waals surface area contributed by atoms with Gasteiger partial charge in [-0.15, -0.1) is 0 Å². The highest BCUT2D eigenvalue weighted by atomic mass is 32.2. The zero-order valence-corrected chi connectivity index (χ0v) is 44.4. The fourth-order valence-electron chi connectivity index (χ4n) is 8.42. The molecule has 0 bridgehead atoms. The maximum atomic E-state index is 13.3. The summed E-state index contributed by atoms with van der Waals surface area (Å²) in [6.07, 6.45) is 5.86. The topological polar surface area (TPSA) is 355 Å². The van der Waals surface area contributed by atoms with E-state index in [1.807, 2.05) is 11.8 Å². The molecule has 26 heteroatoms. The molecule has 5 rings (SSSR count). The highest BCUT2D eigenvalue weighted by Gasteiger charge is 2.42. The fraction of sp³-hybridized carbons (Fsp3) is 0.519. The summed E-state index contributed by atoms with van der Waals surface area (Å²) in [6, 6.07) is 12.9. The SMILES string of the molecule is CN(Cc1ccc(C(=O)c2cc(O)c(O)c([N+](=O)[O-])c2)cc1)C(=O)CCCCCNC(=O)C[C@H](NC(=O)c1ccc(N=[N+]=[N-])cc1)C(=O)NCCCOCCOCCOCCCNC(=O)CCCC[C@@H]1SC[C@@H]2NC(=O)N[C@@H]21. The summed E-state index contributed by atoms with van der Waals surface area (Å²) in [5, 5.41) is 51.7. The Kier molecular flexibility index (Phi) is 25.9. The second-order valence-corrected chi connectivity index (χ2v) is 19.8. The molecule has 0 unspecified atom stereocenters. The lowest BCUT2D eigenvalue weighted by molar-refractivity contribution is -0.386. The van der Waals surface area contributed by atoms with Crippen LogP contribution in [0, 0.1) is 10.1 Å². The number of hydrogen-bond acceptors (Lipinski definition) is 16. The van der Waals surface area contributed by atoms with Crippen molar-refractivity contribution < 1.29 is 62.9 Å². The predicted molar refractivity (Wildman–Crippen MR) is 287 cm³/mol. The van der Waals surface area contributed by atoms with Gasteiger partial charge in [0, 0.05) is 104 Å². The Bertz CT molecular complexity index is 2570. The molecule has 2 aliphatic heterocycles. The van der Waals surface area contributed by atoms with Gasteiger partial charge >= 0.3 is 11.7 Å². The minimum Gasteiger partial charge on any atom is -0.504 e. The normalized spacial score (nSPS) is 15.7. The van der Waals surface area contributed by atoms with E-state index in [0.717, 1.165) is 37.1 Å². The number of fused-ring (bicyclic) bond motifs is 1. The number of ether oxygens (including phenoxy) is 3. The van der Waals surface area contributed by atoms with E-state index in [2.05, 4.69) is 41.9 Å². The molecule has 2 heterocycles. The number of carbonyl (C=O) groups excluding carboxylic acids is 7. The number of amides is 7. The Morgan fingerprint density at radius 1 is 0.795 bits per heavy atom. The van der Waals surface area contributed by atoms with Gasteiger partial charge in [-0.25, -0.2) is 4.79 Å². The van der Waals surface area contributed by atoms with Crippen molar-refractivity contribution in [3.63, 3.8) is 0 Å². The number of nitrogens with one attached hydrogen (secondary N) is 6. The van der Waals surface area contributed by atoms with Crippen LogP contribution in [-0.4, -0.2) is 157 Å². The van der Waals surface area contributed by atoms with Crippen LogP contribution in [0.15, 0.2) is 65.8 Å². The van der Waals surface area contributed by atoms with Gasteiger partial charge in [0.2, 0.25) is 29.4 Å².